The van der Waals surface area contributed by atoms with E-state index in [2.05, 4.69) is 10.6 Å². The highest BCUT2D eigenvalue weighted by atomic mass is 35.5. The lowest BCUT2D eigenvalue weighted by molar-refractivity contribution is -0.137. The Morgan fingerprint density at radius 1 is 0.612 bits per heavy atom. The lowest BCUT2D eigenvalue weighted by atomic mass is 9.97. The quantitative estimate of drug-likeness (QED) is 0.135. The number of benzene rings is 6. The fraction of sp³-hybridized carbons (Fsp3) is 0.0488. The van der Waals surface area contributed by atoms with Crippen LogP contribution in [0.2, 0.25) is 5.02 Å². The summed E-state index contributed by atoms with van der Waals surface area (Å²) in [5.41, 5.74) is 6.26. The number of nitrogens with one attached hydrogen (secondary N) is 2. The number of rotatable bonds is 10. The van der Waals surface area contributed by atoms with Gasteiger partial charge in [-0.3, -0.25) is 14.4 Å². The number of carbonyl (C=O) groups excluding carboxylic acids is 2. The van der Waals surface area contributed by atoms with Crippen molar-refractivity contribution in [2.75, 3.05) is 5.32 Å². The molecule has 0 saturated heterocycles. The van der Waals surface area contributed by atoms with Crippen LogP contribution in [0.5, 0.6) is 0 Å². The molecule has 242 valence electrons. The van der Waals surface area contributed by atoms with E-state index in [0.717, 1.165) is 22.3 Å². The molecular weight excluding hydrogens is 639 g/mol. The van der Waals surface area contributed by atoms with Gasteiger partial charge < -0.3 is 15.7 Å². The van der Waals surface area contributed by atoms with Crippen LogP contribution < -0.4 is 10.6 Å². The summed E-state index contributed by atoms with van der Waals surface area (Å²) in [5, 5.41) is 15.4. The van der Waals surface area contributed by atoms with Crippen LogP contribution in [0, 0.1) is 5.82 Å². The average Bonchev–Trinajstić information content (AvgIpc) is 3.13. The monoisotopic (exact) mass is 668 g/mol. The van der Waals surface area contributed by atoms with E-state index in [0.29, 0.717) is 22.3 Å². The summed E-state index contributed by atoms with van der Waals surface area (Å²) in [5.74, 6) is -2.73. The number of hydrogen-bond donors (Lipinski definition) is 3. The standard InChI is InChI=1S/C41H30ClFN2O4/c42-35-24-33(19-21-36(35)43)32-20-22-37(44-40(48)31-17-13-29(14-18-31)27-9-5-2-6-10-27)34(23-32)41(49)45-38(25-39(46)47)30-15-11-28(12-16-30)26-7-3-1-4-8-26/h1-24,38H,25H2,(H,44,48)(H,45,49)(H,46,47). The first-order valence-electron chi connectivity index (χ1n) is 15.5. The van der Waals surface area contributed by atoms with E-state index in [9.17, 15) is 23.9 Å². The molecule has 6 aromatic rings. The minimum atomic E-state index is -1.10. The Morgan fingerprint density at radius 3 is 1.69 bits per heavy atom. The zero-order chi connectivity index (χ0) is 34.3. The van der Waals surface area contributed by atoms with E-state index >= 15 is 0 Å². The molecule has 0 heterocycles. The fourth-order valence-electron chi connectivity index (χ4n) is 5.54. The van der Waals surface area contributed by atoms with Gasteiger partial charge in [-0.1, -0.05) is 121 Å². The van der Waals surface area contributed by atoms with Crippen LogP contribution in [0.25, 0.3) is 33.4 Å². The van der Waals surface area contributed by atoms with Crippen LogP contribution in [0.4, 0.5) is 10.1 Å². The first kappa shape index (κ1) is 32.9. The predicted octanol–water partition coefficient (Wildman–Crippen LogP) is 9.68. The Bertz CT molecular complexity index is 2120. The molecular formula is C41H30ClFN2O4. The molecule has 49 heavy (non-hydrogen) atoms. The van der Waals surface area contributed by atoms with Crippen molar-refractivity contribution >= 4 is 35.1 Å². The largest absolute Gasteiger partial charge is 0.481 e. The highest BCUT2D eigenvalue weighted by Crippen LogP contribution is 2.30. The number of halogens is 2. The summed E-state index contributed by atoms with van der Waals surface area (Å²) in [4.78, 5) is 39.4. The molecule has 0 spiro atoms. The predicted molar refractivity (Wildman–Crippen MR) is 191 cm³/mol. The third-order valence-corrected chi connectivity index (χ3v) is 8.41. The van der Waals surface area contributed by atoms with Gasteiger partial charge in [0.05, 0.1) is 28.7 Å². The minimum absolute atomic E-state index is 0.0831. The third kappa shape index (κ3) is 7.92. The maximum absolute atomic E-state index is 14.0. The minimum Gasteiger partial charge on any atom is -0.481 e. The number of aliphatic carboxylic acids is 1. The molecule has 0 aliphatic carbocycles. The van der Waals surface area contributed by atoms with Crippen molar-refractivity contribution in [3.05, 3.63) is 173 Å². The molecule has 1 atom stereocenters. The van der Waals surface area contributed by atoms with Crippen molar-refractivity contribution in [2.45, 2.75) is 12.5 Å². The molecule has 0 fully saturated rings. The fourth-order valence-corrected chi connectivity index (χ4v) is 5.72. The average molecular weight is 669 g/mol. The summed E-state index contributed by atoms with van der Waals surface area (Å²) in [7, 11) is 0. The molecule has 6 nitrogen and oxygen atoms in total. The second-order valence-corrected chi connectivity index (χ2v) is 11.8. The summed E-state index contributed by atoms with van der Waals surface area (Å²) >= 11 is 6.05. The molecule has 2 amide bonds. The molecule has 1 unspecified atom stereocenters. The summed E-state index contributed by atoms with van der Waals surface area (Å²) in [6.07, 6.45) is -0.376. The SMILES string of the molecule is O=C(O)CC(NC(=O)c1cc(-c2ccc(F)c(Cl)c2)ccc1NC(=O)c1ccc(-c2ccccc2)cc1)c1ccc(-c2ccccc2)cc1. The lowest BCUT2D eigenvalue weighted by Crippen LogP contribution is -2.31. The second kappa shape index (κ2) is 14.8. The first-order chi connectivity index (χ1) is 23.7. The van der Waals surface area contributed by atoms with Gasteiger partial charge in [-0.15, -0.1) is 0 Å². The van der Waals surface area contributed by atoms with Gasteiger partial charge in [-0.2, -0.15) is 0 Å². The number of hydrogen-bond acceptors (Lipinski definition) is 3. The summed E-state index contributed by atoms with van der Waals surface area (Å²) < 4.78 is 14.0. The Morgan fingerprint density at radius 2 is 1.12 bits per heavy atom. The molecule has 8 heteroatoms. The number of amides is 2. The molecule has 0 aliphatic rings. The molecule has 3 N–H and O–H groups in total. The lowest BCUT2D eigenvalue weighted by Gasteiger charge is -2.20. The van der Waals surface area contributed by atoms with Crippen LogP contribution in [0.1, 0.15) is 38.7 Å². The van der Waals surface area contributed by atoms with Crippen molar-refractivity contribution in [2.24, 2.45) is 0 Å². The first-order valence-corrected chi connectivity index (χ1v) is 15.9. The maximum atomic E-state index is 14.0. The van der Waals surface area contributed by atoms with Gasteiger partial charge in [0.1, 0.15) is 5.82 Å². The van der Waals surface area contributed by atoms with Gasteiger partial charge in [-0.05, 0) is 75.3 Å². The third-order valence-electron chi connectivity index (χ3n) is 8.12. The van der Waals surface area contributed by atoms with Gasteiger partial charge in [-0.25, -0.2) is 4.39 Å². The molecule has 0 bridgehead atoms. The van der Waals surface area contributed by atoms with E-state index < -0.39 is 29.6 Å². The summed E-state index contributed by atoms with van der Waals surface area (Å²) in [6, 6.07) is 42.1. The van der Waals surface area contributed by atoms with Gasteiger partial charge >= 0.3 is 5.97 Å². The van der Waals surface area contributed by atoms with E-state index in [1.165, 1.54) is 18.2 Å². The number of carboxylic acid groups (broad SMARTS) is 1. The van der Waals surface area contributed by atoms with E-state index in [-0.39, 0.29) is 22.7 Å². The number of carbonyl (C=O) groups is 3. The zero-order valence-electron chi connectivity index (χ0n) is 26.1. The van der Waals surface area contributed by atoms with Gasteiger partial charge in [0.15, 0.2) is 0 Å². The van der Waals surface area contributed by atoms with Crippen LogP contribution in [0.3, 0.4) is 0 Å². The zero-order valence-corrected chi connectivity index (χ0v) is 26.8. The van der Waals surface area contributed by atoms with Crippen LogP contribution in [-0.4, -0.2) is 22.9 Å². The molecule has 0 saturated carbocycles. The topological polar surface area (TPSA) is 95.5 Å². The Labute approximate surface area is 287 Å². The van der Waals surface area contributed by atoms with E-state index in [4.69, 9.17) is 11.6 Å². The van der Waals surface area contributed by atoms with Crippen molar-refractivity contribution in [1.29, 1.82) is 0 Å². The smallest absolute Gasteiger partial charge is 0.305 e. The highest BCUT2D eigenvalue weighted by molar-refractivity contribution is 6.31. The van der Waals surface area contributed by atoms with Crippen LogP contribution in [0.15, 0.2) is 146 Å². The van der Waals surface area contributed by atoms with Gasteiger partial charge in [0, 0.05) is 5.56 Å². The molecule has 0 aromatic heterocycles. The number of anilines is 1. The Hall–Kier alpha value is -6.05. The second-order valence-electron chi connectivity index (χ2n) is 11.4. The van der Waals surface area contributed by atoms with Crippen molar-refractivity contribution < 1.29 is 23.9 Å². The number of carboxylic acids is 1. The van der Waals surface area contributed by atoms with Crippen molar-refractivity contribution in [1.82, 2.24) is 5.32 Å². The van der Waals surface area contributed by atoms with Gasteiger partial charge in [0.25, 0.3) is 11.8 Å². The molecule has 6 rings (SSSR count). The normalized spacial score (nSPS) is 11.4. The summed E-state index contributed by atoms with van der Waals surface area (Å²) in [6.45, 7) is 0. The van der Waals surface area contributed by atoms with Crippen LogP contribution in [-0.2, 0) is 4.79 Å². The Balaban J connectivity index is 1.31. The van der Waals surface area contributed by atoms with E-state index in [1.54, 1.807) is 42.5 Å². The van der Waals surface area contributed by atoms with Crippen molar-refractivity contribution in [3.63, 3.8) is 0 Å². The van der Waals surface area contributed by atoms with Crippen molar-refractivity contribution in [3.8, 4) is 33.4 Å². The molecule has 0 aliphatic heterocycles. The highest BCUT2D eigenvalue weighted by Gasteiger charge is 2.23. The maximum Gasteiger partial charge on any atom is 0.305 e. The molecule has 0 radical (unpaired) electrons. The Kier molecular flexibility index (Phi) is 9.93. The van der Waals surface area contributed by atoms with E-state index in [1.807, 2.05) is 84.9 Å². The van der Waals surface area contributed by atoms with Crippen LogP contribution >= 0.6 is 11.6 Å². The van der Waals surface area contributed by atoms with Gasteiger partial charge in [0.2, 0.25) is 0 Å². The molecule has 6 aromatic carbocycles.